The Morgan fingerprint density at radius 2 is 2.19 bits per heavy atom. The van der Waals surface area contributed by atoms with Gasteiger partial charge in [0.1, 0.15) is 11.6 Å². The van der Waals surface area contributed by atoms with E-state index in [0.717, 1.165) is 37.7 Å². The van der Waals surface area contributed by atoms with Crippen LogP contribution in [0.15, 0.2) is 18.3 Å². The van der Waals surface area contributed by atoms with Gasteiger partial charge < -0.3 is 15.0 Å². The molecule has 0 atom stereocenters. The smallest absolute Gasteiger partial charge is 0.132 e. The molecule has 0 amide bonds. The number of halogens is 1. The Morgan fingerprint density at radius 1 is 1.44 bits per heavy atom. The van der Waals surface area contributed by atoms with Crippen molar-refractivity contribution in [2.45, 2.75) is 6.92 Å². The maximum atomic E-state index is 5.46. The zero-order valence-corrected chi connectivity index (χ0v) is 10.3. The summed E-state index contributed by atoms with van der Waals surface area (Å²) in [6.07, 6.45) is 1.81. The first-order valence-electron chi connectivity index (χ1n) is 5.44. The third-order valence-corrected chi connectivity index (χ3v) is 2.47. The number of hydrogen-bond acceptors (Lipinski definition) is 4. The summed E-state index contributed by atoms with van der Waals surface area (Å²) >= 11 is 0. The van der Waals surface area contributed by atoms with Crippen LogP contribution in [0.1, 0.15) is 6.92 Å². The zero-order valence-electron chi connectivity index (χ0n) is 9.48. The molecule has 1 fully saturated rings. The van der Waals surface area contributed by atoms with Gasteiger partial charge in [0.05, 0.1) is 6.61 Å². The van der Waals surface area contributed by atoms with Crippen molar-refractivity contribution in [2.24, 2.45) is 0 Å². The number of rotatable bonds is 3. The highest BCUT2D eigenvalue weighted by molar-refractivity contribution is 5.85. The summed E-state index contributed by atoms with van der Waals surface area (Å²) in [7, 11) is 0. The highest BCUT2D eigenvalue weighted by atomic mass is 35.5. The molecule has 16 heavy (non-hydrogen) atoms. The standard InChI is InChI=1S/C11H17N3O.ClH/c1-2-15-10-3-4-13-11(9-10)14-7-5-12-6-8-14;/h3-4,9,12H,2,5-8H2,1H3;1H. The maximum absolute atomic E-state index is 5.46. The maximum Gasteiger partial charge on any atom is 0.132 e. The Hall–Kier alpha value is -1.00. The molecule has 1 N–H and O–H groups in total. The molecule has 1 aromatic heterocycles. The molecule has 0 saturated carbocycles. The molecule has 0 spiro atoms. The normalized spacial score (nSPS) is 15.4. The SMILES string of the molecule is CCOc1ccnc(N2CCNCC2)c1.Cl. The van der Waals surface area contributed by atoms with Gasteiger partial charge in [0, 0.05) is 38.4 Å². The predicted octanol–water partition coefficient (Wildman–Crippen LogP) is 1.31. The van der Waals surface area contributed by atoms with Crippen molar-refractivity contribution in [1.82, 2.24) is 10.3 Å². The topological polar surface area (TPSA) is 37.4 Å². The van der Waals surface area contributed by atoms with E-state index in [-0.39, 0.29) is 12.4 Å². The van der Waals surface area contributed by atoms with Crippen LogP contribution in [0, 0.1) is 0 Å². The second kappa shape index (κ2) is 6.55. The number of nitrogens with one attached hydrogen (secondary N) is 1. The van der Waals surface area contributed by atoms with Gasteiger partial charge in [-0.25, -0.2) is 4.98 Å². The van der Waals surface area contributed by atoms with Crippen LogP contribution in [-0.2, 0) is 0 Å². The summed E-state index contributed by atoms with van der Waals surface area (Å²) in [4.78, 5) is 6.64. The van der Waals surface area contributed by atoms with E-state index in [1.807, 2.05) is 25.3 Å². The van der Waals surface area contributed by atoms with E-state index in [4.69, 9.17) is 4.74 Å². The lowest BCUT2D eigenvalue weighted by Gasteiger charge is -2.28. The second-order valence-corrected chi connectivity index (χ2v) is 3.52. The van der Waals surface area contributed by atoms with Crippen molar-refractivity contribution >= 4 is 18.2 Å². The van der Waals surface area contributed by atoms with Gasteiger partial charge in [-0.2, -0.15) is 0 Å². The Morgan fingerprint density at radius 3 is 2.88 bits per heavy atom. The number of nitrogens with zero attached hydrogens (tertiary/aromatic N) is 2. The summed E-state index contributed by atoms with van der Waals surface area (Å²) in [5.41, 5.74) is 0. The van der Waals surface area contributed by atoms with Crippen LogP contribution >= 0.6 is 12.4 Å². The van der Waals surface area contributed by atoms with Crippen LogP contribution < -0.4 is 15.0 Å². The number of aromatic nitrogens is 1. The molecular weight excluding hydrogens is 226 g/mol. The molecule has 2 heterocycles. The minimum atomic E-state index is 0. The number of hydrogen-bond donors (Lipinski definition) is 1. The van der Waals surface area contributed by atoms with Crippen LogP contribution in [0.3, 0.4) is 0 Å². The average molecular weight is 244 g/mol. The Kier molecular flexibility index (Phi) is 5.35. The molecule has 0 radical (unpaired) electrons. The van der Waals surface area contributed by atoms with Gasteiger partial charge in [0.2, 0.25) is 0 Å². The molecule has 1 aromatic rings. The highest BCUT2D eigenvalue weighted by Gasteiger charge is 2.11. The lowest BCUT2D eigenvalue weighted by molar-refractivity contribution is 0.340. The van der Waals surface area contributed by atoms with Crippen molar-refractivity contribution in [2.75, 3.05) is 37.7 Å². The third kappa shape index (κ3) is 3.25. The van der Waals surface area contributed by atoms with Crippen LogP contribution in [-0.4, -0.2) is 37.8 Å². The Labute approximate surface area is 102 Å². The summed E-state index contributed by atoms with van der Waals surface area (Å²) in [5.74, 6) is 1.92. The van der Waals surface area contributed by atoms with E-state index in [9.17, 15) is 0 Å². The third-order valence-electron chi connectivity index (χ3n) is 2.47. The monoisotopic (exact) mass is 243 g/mol. The van der Waals surface area contributed by atoms with E-state index >= 15 is 0 Å². The van der Waals surface area contributed by atoms with Gasteiger partial charge >= 0.3 is 0 Å². The Bertz CT molecular complexity index is 316. The first kappa shape index (κ1) is 13.1. The fourth-order valence-corrected chi connectivity index (χ4v) is 1.72. The van der Waals surface area contributed by atoms with Crippen LogP contribution in [0.4, 0.5) is 5.82 Å². The van der Waals surface area contributed by atoms with E-state index in [2.05, 4.69) is 15.2 Å². The molecule has 5 heteroatoms. The van der Waals surface area contributed by atoms with Crippen LogP contribution in [0.2, 0.25) is 0 Å². The molecule has 1 saturated heterocycles. The van der Waals surface area contributed by atoms with E-state index < -0.39 is 0 Å². The molecule has 0 aliphatic carbocycles. The number of anilines is 1. The summed E-state index contributed by atoms with van der Waals surface area (Å²) in [6.45, 7) is 6.78. The number of ether oxygens (including phenoxy) is 1. The molecular formula is C11H18ClN3O. The molecule has 2 rings (SSSR count). The molecule has 1 aliphatic heterocycles. The quantitative estimate of drug-likeness (QED) is 0.869. The zero-order chi connectivity index (χ0) is 10.5. The fourth-order valence-electron chi connectivity index (χ4n) is 1.72. The van der Waals surface area contributed by atoms with Crippen LogP contribution in [0.5, 0.6) is 5.75 Å². The van der Waals surface area contributed by atoms with Gasteiger partial charge in [0.15, 0.2) is 0 Å². The molecule has 1 aliphatic rings. The van der Waals surface area contributed by atoms with E-state index in [1.54, 1.807) is 0 Å². The van der Waals surface area contributed by atoms with Crippen molar-refractivity contribution < 1.29 is 4.74 Å². The highest BCUT2D eigenvalue weighted by Crippen LogP contribution is 2.18. The second-order valence-electron chi connectivity index (χ2n) is 3.52. The minimum absolute atomic E-state index is 0. The largest absolute Gasteiger partial charge is 0.494 e. The Balaban J connectivity index is 0.00000128. The van der Waals surface area contributed by atoms with Gasteiger partial charge in [0.25, 0.3) is 0 Å². The minimum Gasteiger partial charge on any atom is -0.494 e. The van der Waals surface area contributed by atoms with Gasteiger partial charge in [-0.3, -0.25) is 0 Å². The first-order chi connectivity index (χ1) is 7.40. The summed E-state index contributed by atoms with van der Waals surface area (Å²) in [5, 5.41) is 3.32. The molecule has 90 valence electrons. The van der Waals surface area contributed by atoms with Crippen molar-refractivity contribution in [1.29, 1.82) is 0 Å². The molecule has 0 aromatic carbocycles. The molecule has 4 nitrogen and oxygen atoms in total. The first-order valence-corrected chi connectivity index (χ1v) is 5.44. The average Bonchev–Trinajstić information content (AvgIpc) is 2.31. The van der Waals surface area contributed by atoms with E-state index in [1.165, 1.54) is 0 Å². The van der Waals surface area contributed by atoms with E-state index in [0.29, 0.717) is 6.61 Å². The van der Waals surface area contributed by atoms with Crippen molar-refractivity contribution in [3.63, 3.8) is 0 Å². The van der Waals surface area contributed by atoms with Gasteiger partial charge in [-0.1, -0.05) is 0 Å². The van der Waals surface area contributed by atoms with Crippen LogP contribution in [0.25, 0.3) is 0 Å². The lowest BCUT2D eigenvalue weighted by Crippen LogP contribution is -2.43. The molecule has 0 unspecified atom stereocenters. The number of pyridine rings is 1. The number of piperazine rings is 1. The molecule has 0 bridgehead atoms. The summed E-state index contributed by atoms with van der Waals surface area (Å²) < 4.78 is 5.46. The van der Waals surface area contributed by atoms with Crippen molar-refractivity contribution in [3.05, 3.63) is 18.3 Å². The lowest BCUT2D eigenvalue weighted by atomic mass is 10.3. The van der Waals surface area contributed by atoms with Gasteiger partial charge in [-0.05, 0) is 13.0 Å². The fraction of sp³-hybridized carbons (Fsp3) is 0.545. The predicted molar refractivity (Wildman–Crippen MR) is 67.7 cm³/mol. The summed E-state index contributed by atoms with van der Waals surface area (Å²) in [6, 6.07) is 3.91. The van der Waals surface area contributed by atoms with Crippen molar-refractivity contribution in [3.8, 4) is 5.75 Å². The van der Waals surface area contributed by atoms with Gasteiger partial charge in [-0.15, -0.1) is 12.4 Å².